The van der Waals surface area contributed by atoms with Crippen molar-refractivity contribution in [3.8, 4) is 5.75 Å². The second-order valence-electron chi connectivity index (χ2n) is 4.39. The lowest BCUT2D eigenvalue weighted by molar-refractivity contribution is -0.114. The van der Waals surface area contributed by atoms with Gasteiger partial charge in [0.05, 0.1) is 17.8 Å². The highest BCUT2D eigenvalue weighted by Crippen LogP contribution is 2.42. The SMILES string of the molecule is COC(=O)c1cc(Cl)c(NC(C)=O)c2c1OC(C)C2. The van der Waals surface area contributed by atoms with Gasteiger partial charge in [0.1, 0.15) is 17.4 Å². The van der Waals surface area contributed by atoms with Gasteiger partial charge in [-0.25, -0.2) is 4.79 Å². The lowest BCUT2D eigenvalue weighted by atomic mass is 10.0. The summed E-state index contributed by atoms with van der Waals surface area (Å²) in [7, 11) is 1.29. The van der Waals surface area contributed by atoms with Gasteiger partial charge >= 0.3 is 5.97 Å². The van der Waals surface area contributed by atoms with E-state index in [1.54, 1.807) is 0 Å². The zero-order chi connectivity index (χ0) is 14.2. The molecule has 1 atom stereocenters. The van der Waals surface area contributed by atoms with Gasteiger partial charge in [0.25, 0.3) is 0 Å². The molecule has 5 nitrogen and oxygen atoms in total. The number of ether oxygens (including phenoxy) is 2. The van der Waals surface area contributed by atoms with Crippen LogP contribution in [0.2, 0.25) is 5.02 Å². The van der Waals surface area contributed by atoms with Gasteiger partial charge < -0.3 is 14.8 Å². The highest BCUT2D eigenvalue weighted by atomic mass is 35.5. The van der Waals surface area contributed by atoms with Crippen molar-refractivity contribution in [2.45, 2.75) is 26.4 Å². The van der Waals surface area contributed by atoms with Crippen LogP contribution in [-0.4, -0.2) is 25.1 Å². The number of fused-ring (bicyclic) bond motifs is 1. The summed E-state index contributed by atoms with van der Waals surface area (Å²) >= 11 is 6.13. The van der Waals surface area contributed by atoms with E-state index in [0.717, 1.165) is 5.56 Å². The van der Waals surface area contributed by atoms with E-state index in [1.807, 2.05) is 6.92 Å². The fourth-order valence-corrected chi connectivity index (χ4v) is 2.39. The van der Waals surface area contributed by atoms with Crippen molar-refractivity contribution >= 4 is 29.2 Å². The molecule has 1 aliphatic heterocycles. The van der Waals surface area contributed by atoms with E-state index in [9.17, 15) is 9.59 Å². The average molecular weight is 284 g/mol. The van der Waals surface area contributed by atoms with Crippen LogP contribution in [0.3, 0.4) is 0 Å². The first-order valence-corrected chi connectivity index (χ1v) is 6.19. The Balaban J connectivity index is 2.59. The summed E-state index contributed by atoms with van der Waals surface area (Å²) in [6, 6.07) is 1.45. The van der Waals surface area contributed by atoms with E-state index in [4.69, 9.17) is 21.1 Å². The number of hydrogen-bond acceptors (Lipinski definition) is 4. The number of rotatable bonds is 2. The molecule has 1 aliphatic rings. The van der Waals surface area contributed by atoms with Crippen molar-refractivity contribution in [3.05, 3.63) is 22.2 Å². The third-order valence-corrected chi connectivity index (χ3v) is 3.15. The summed E-state index contributed by atoms with van der Waals surface area (Å²) in [5, 5.41) is 2.97. The largest absolute Gasteiger partial charge is 0.489 e. The summed E-state index contributed by atoms with van der Waals surface area (Å²) in [5.41, 5.74) is 1.51. The summed E-state index contributed by atoms with van der Waals surface area (Å²) in [6.45, 7) is 3.28. The molecule has 0 aromatic heterocycles. The molecule has 2 rings (SSSR count). The van der Waals surface area contributed by atoms with Crippen molar-refractivity contribution in [2.24, 2.45) is 0 Å². The first-order chi connectivity index (χ1) is 8.93. The normalized spacial score (nSPS) is 16.5. The Labute approximate surface area is 115 Å². The molecule has 0 bridgehead atoms. The van der Waals surface area contributed by atoms with Gasteiger partial charge in [-0.05, 0) is 13.0 Å². The van der Waals surface area contributed by atoms with E-state index in [1.165, 1.54) is 20.1 Å². The minimum absolute atomic E-state index is 0.0793. The van der Waals surface area contributed by atoms with Crippen LogP contribution in [-0.2, 0) is 16.0 Å². The molecule has 1 unspecified atom stereocenters. The number of benzene rings is 1. The van der Waals surface area contributed by atoms with Crippen LogP contribution in [0.5, 0.6) is 5.75 Å². The van der Waals surface area contributed by atoms with Crippen molar-refractivity contribution in [2.75, 3.05) is 12.4 Å². The van der Waals surface area contributed by atoms with Crippen LogP contribution < -0.4 is 10.1 Å². The summed E-state index contributed by atoms with van der Waals surface area (Å²) in [4.78, 5) is 22.9. The number of hydrogen-bond donors (Lipinski definition) is 1. The highest BCUT2D eigenvalue weighted by Gasteiger charge is 2.30. The fourth-order valence-electron chi connectivity index (χ4n) is 2.12. The summed E-state index contributed by atoms with van der Waals surface area (Å²) in [5.74, 6) is -0.302. The molecule has 0 radical (unpaired) electrons. The van der Waals surface area contributed by atoms with E-state index >= 15 is 0 Å². The standard InChI is InChI=1S/C13H14ClNO4/c1-6-4-8-11(15-7(2)16)10(14)5-9(12(8)19-6)13(17)18-3/h5-6H,4H2,1-3H3,(H,15,16). The number of carbonyl (C=O) groups is 2. The van der Waals surface area contributed by atoms with Crippen LogP contribution >= 0.6 is 11.6 Å². The molecule has 1 aromatic rings. The molecule has 19 heavy (non-hydrogen) atoms. The monoisotopic (exact) mass is 283 g/mol. The lowest BCUT2D eigenvalue weighted by Gasteiger charge is -2.13. The van der Waals surface area contributed by atoms with Gasteiger partial charge in [0.2, 0.25) is 5.91 Å². The fraction of sp³-hybridized carbons (Fsp3) is 0.385. The zero-order valence-corrected chi connectivity index (χ0v) is 11.6. The first kappa shape index (κ1) is 13.7. The molecular formula is C13H14ClNO4. The molecule has 1 N–H and O–H groups in total. The predicted molar refractivity (Wildman–Crippen MR) is 70.9 cm³/mol. The Morgan fingerprint density at radius 1 is 1.53 bits per heavy atom. The number of methoxy groups -OCH3 is 1. The Morgan fingerprint density at radius 3 is 2.79 bits per heavy atom. The van der Waals surface area contributed by atoms with Crippen LogP contribution in [0.25, 0.3) is 0 Å². The van der Waals surface area contributed by atoms with Gasteiger partial charge in [0.15, 0.2) is 0 Å². The lowest BCUT2D eigenvalue weighted by Crippen LogP contribution is -2.10. The second kappa shape index (κ2) is 5.09. The van der Waals surface area contributed by atoms with Gasteiger partial charge in [-0.15, -0.1) is 0 Å². The van der Waals surface area contributed by atoms with Crippen molar-refractivity contribution < 1.29 is 19.1 Å². The Morgan fingerprint density at radius 2 is 2.21 bits per heavy atom. The predicted octanol–water partition coefficient (Wildman–Crippen LogP) is 2.41. The van der Waals surface area contributed by atoms with Gasteiger partial charge in [0, 0.05) is 18.9 Å². The zero-order valence-electron chi connectivity index (χ0n) is 10.9. The molecule has 6 heteroatoms. The van der Waals surface area contributed by atoms with Crippen LogP contribution in [0, 0.1) is 0 Å². The van der Waals surface area contributed by atoms with Crippen LogP contribution in [0.4, 0.5) is 5.69 Å². The first-order valence-electron chi connectivity index (χ1n) is 5.82. The van der Waals surface area contributed by atoms with Crippen molar-refractivity contribution in [1.29, 1.82) is 0 Å². The van der Waals surface area contributed by atoms with E-state index < -0.39 is 5.97 Å². The molecule has 0 aliphatic carbocycles. The molecule has 0 saturated carbocycles. The highest BCUT2D eigenvalue weighted by molar-refractivity contribution is 6.34. The molecule has 1 heterocycles. The van der Waals surface area contributed by atoms with Crippen molar-refractivity contribution in [3.63, 3.8) is 0 Å². The van der Waals surface area contributed by atoms with Gasteiger partial charge in [-0.1, -0.05) is 11.6 Å². The van der Waals surface area contributed by atoms with Crippen molar-refractivity contribution in [1.82, 2.24) is 0 Å². The molecule has 1 aromatic carbocycles. The molecular weight excluding hydrogens is 270 g/mol. The molecule has 0 spiro atoms. The number of halogens is 1. The van der Waals surface area contributed by atoms with Crippen LogP contribution in [0.15, 0.2) is 6.07 Å². The Bertz CT molecular complexity index is 556. The Hall–Kier alpha value is -1.75. The minimum Gasteiger partial charge on any atom is -0.489 e. The van der Waals surface area contributed by atoms with Gasteiger partial charge in [-0.2, -0.15) is 0 Å². The maximum Gasteiger partial charge on any atom is 0.341 e. The maximum atomic E-state index is 11.7. The average Bonchev–Trinajstić information content (AvgIpc) is 2.72. The summed E-state index contributed by atoms with van der Waals surface area (Å²) < 4.78 is 10.3. The number of amides is 1. The number of carbonyl (C=O) groups excluding carboxylic acids is 2. The third kappa shape index (κ3) is 2.51. The number of anilines is 1. The van der Waals surface area contributed by atoms with Crippen LogP contribution in [0.1, 0.15) is 29.8 Å². The topological polar surface area (TPSA) is 64.6 Å². The number of esters is 1. The minimum atomic E-state index is -0.512. The third-order valence-electron chi connectivity index (χ3n) is 2.85. The number of nitrogens with one attached hydrogen (secondary N) is 1. The van der Waals surface area contributed by atoms with E-state index in [0.29, 0.717) is 22.9 Å². The van der Waals surface area contributed by atoms with Gasteiger partial charge in [-0.3, -0.25) is 4.79 Å². The second-order valence-corrected chi connectivity index (χ2v) is 4.80. The Kier molecular flexibility index (Phi) is 3.66. The summed E-state index contributed by atoms with van der Waals surface area (Å²) in [6.07, 6.45) is 0.500. The molecule has 0 saturated heterocycles. The van der Waals surface area contributed by atoms with E-state index in [2.05, 4.69) is 5.32 Å². The molecule has 0 fully saturated rings. The smallest absolute Gasteiger partial charge is 0.341 e. The molecule has 1 amide bonds. The maximum absolute atomic E-state index is 11.7. The van der Waals surface area contributed by atoms with E-state index in [-0.39, 0.29) is 17.6 Å². The molecule has 102 valence electrons. The quantitative estimate of drug-likeness (QED) is 0.847.